The molecule has 25 heavy (non-hydrogen) atoms. The van der Waals surface area contributed by atoms with Crippen molar-refractivity contribution < 1.29 is 9.59 Å². The number of hydrogen-bond donors (Lipinski definition) is 2. The second-order valence-corrected chi connectivity index (χ2v) is 7.46. The van der Waals surface area contributed by atoms with Crippen LogP contribution in [0.25, 0.3) is 0 Å². The monoisotopic (exact) mass is 343 g/mol. The lowest BCUT2D eigenvalue weighted by Gasteiger charge is -2.35. The molecule has 0 spiro atoms. The van der Waals surface area contributed by atoms with Crippen molar-refractivity contribution in [3.05, 3.63) is 35.4 Å². The highest BCUT2D eigenvalue weighted by atomic mass is 16.2. The predicted molar refractivity (Wildman–Crippen MR) is 98.4 cm³/mol. The number of rotatable bonds is 3. The predicted octanol–water partition coefficient (Wildman–Crippen LogP) is 2.10. The van der Waals surface area contributed by atoms with Crippen LogP contribution >= 0.6 is 0 Å². The lowest BCUT2D eigenvalue weighted by molar-refractivity contribution is -0.127. The van der Waals surface area contributed by atoms with Gasteiger partial charge in [0.1, 0.15) is 0 Å². The van der Waals surface area contributed by atoms with Crippen LogP contribution in [-0.2, 0) is 4.79 Å². The Labute approximate surface area is 150 Å². The number of benzene rings is 1. The molecule has 5 nitrogen and oxygen atoms in total. The summed E-state index contributed by atoms with van der Waals surface area (Å²) in [6.07, 6.45) is 3.86. The maximum atomic E-state index is 12.7. The molecule has 5 heteroatoms. The molecule has 3 unspecified atom stereocenters. The Morgan fingerprint density at radius 3 is 2.64 bits per heavy atom. The lowest BCUT2D eigenvalue weighted by Crippen LogP contribution is -2.54. The van der Waals surface area contributed by atoms with Crippen LogP contribution in [0.4, 0.5) is 0 Å². The molecule has 1 aromatic carbocycles. The van der Waals surface area contributed by atoms with Crippen LogP contribution in [0, 0.1) is 12.8 Å². The summed E-state index contributed by atoms with van der Waals surface area (Å²) < 4.78 is 0. The molecule has 2 aliphatic heterocycles. The van der Waals surface area contributed by atoms with Gasteiger partial charge in [0, 0.05) is 30.7 Å². The first-order valence-electron chi connectivity index (χ1n) is 9.44. The van der Waals surface area contributed by atoms with E-state index in [2.05, 4.69) is 17.6 Å². The van der Waals surface area contributed by atoms with Crippen LogP contribution < -0.4 is 10.6 Å². The quantitative estimate of drug-likeness (QED) is 0.884. The average molecular weight is 343 g/mol. The number of carbonyl (C=O) groups is 2. The fourth-order valence-corrected chi connectivity index (χ4v) is 3.80. The van der Waals surface area contributed by atoms with Crippen LogP contribution in [-0.4, -0.2) is 48.4 Å². The van der Waals surface area contributed by atoms with E-state index >= 15 is 0 Å². The largest absolute Gasteiger partial charge is 0.352 e. The van der Waals surface area contributed by atoms with Gasteiger partial charge < -0.3 is 15.5 Å². The number of nitrogens with zero attached hydrogens (tertiary/aromatic N) is 1. The van der Waals surface area contributed by atoms with Gasteiger partial charge >= 0.3 is 0 Å². The molecule has 3 rings (SSSR count). The van der Waals surface area contributed by atoms with Crippen LogP contribution in [0.1, 0.15) is 48.5 Å². The van der Waals surface area contributed by atoms with Gasteiger partial charge in [-0.25, -0.2) is 0 Å². The molecule has 0 aliphatic carbocycles. The van der Waals surface area contributed by atoms with Gasteiger partial charge in [-0.2, -0.15) is 0 Å². The van der Waals surface area contributed by atoms with Gasteiger partial charge in [-0.1, -0.05) is 17.7 Å². The molecular weight excluding hydrogens is 314 g/mol. The minimum absolute atomic E-state index is 0.0326. The minimum Gasteiger partial charge on any atom is -0.352 e. The summed E-state index contributed by atoms with van der Waals surface area (Å²) in [4.78, 5) is 27.2. The van der Waals surface area contributed by atoms with Gasteiger partial charge in [-0.3, -0.25) is 9.59 Å². The Bertz CT molecular complexity index is 614. The zero-order chi connectivity index (χ0) is 17.8. The minimum atomic E-state index is -0.0997. The van der Waals surface area contributed by atoms with Crippen LogP contribution in [0.3, 0.4) is 0 Å². The van der Waals surface area contributed by atoms with E-state index in [4.69, 9.17) is 0 Å². The Hall–Kier alpha value is -1.88. The highest BCUT2D eigenvalue weighted by Gasteiger charge is 2.31. The van der Waals surface area contributed by atoms with Crippen molar-refractivity contribution in [3.63, 3.8) is 0 Å². The molecule has 136 valence electrons. The second-order valence-electron chi connectivity index (χ2n) is 7.46. The number of amides is 2. The van der Waals surface area contributed by atoms with Crippen molar-refractivity contribution >= 4 is 11.8 Å². The van der Waals surface area contributed by atoms with Crippen LogP contribution in [0.2, 0.25) is 0 Å². The van der Waals surface area contributed by atoms with Gasteiger partial charge in [0.2, 0.25) is 5.91 Å². The van der Waals surface area contributed by atoms with Gasteiger partial charge in [0.15, 0.2) is 0 Å². The van der Waals surface area contributed by atoms with E-state index in [0.29, 0.717) is 18.2 Å². The highest BCUT2D eigenvalue weighted by Crippen LogP contribution is 2.20. The van der Waals surface area contributed by atoms with Crippen LogP contribution in [0.5, 0.6) is 0 Å². The van der Waals surface area contributed by atoms with Crippen molar-refractivity contribution in [3.8, 4) is 0 Å². The van der Waals surface area contributed by atoms with Gasteiger partial charge in [-0.05, 0) is 58.2 Å². The summed E-state index contributed by atoms with van der Waals surface area (Å²) in [6, 6.07) is 8.17. The molecule has 2 fully saturated rings. The van der Waals surface area contributed by atoms with E-state index in [1.165, 1.54) is 0 Å². The Kier molecular flexibility index (Phi) is 5.74. The molecule has 0 aromatic heterocycles. The Balaban J connectivity index is 1.59. The van der Waals surface area contributed by atoms with Crippen molar-refractivity contribution in [2.45, 2.75) is 51.6 Å². The Morgan fingerprint density at radius 2 is 1.92 bits per heavy atom. The van der Waals surface area contributed by atoms with E-state index in [0.717, 1.165) is 44.3 Å². The smallest absolute Gasteiger partial charge is 0.253 e. The number of hydrogen-bond acceptors (Lipinski definition) is 3. The second kappa shape index (κ2) is 8.00. The molecule has 0 saturated carbocycles. The summed E-state index contributed by atoms with van der Waals surface area (Å²) in [5.41, 5.74) is 1.85. The number of carbonyl (C=O) groups excluding carboxylic acids is 2. The third kappa shape index (κ3) is 4.40. The van der Waals surface area contributed by atoms with Gasteiger partial charge in [-0.15, -0.1) is 0 Å². The summed E-state index contributed by atoms with van der Waals surface area (Å²) in [7, 11) is 0. The van der Waals surface area contributed by atoms with Crippen LogP contribution in [0.15, 0.2) is 24.3 Å². The van der Waals surface area contributed by atoms with E-state index in [9.17, 15) is 9.59 Å². The van der Waals surface area contributed by atoms with Gasteiger partial charge in [0.25, 0.3) is 5.91 Å². The van der Waals surface area contributed by atoms with Gasteiger partial charge in [0.05, 0.1) is 5.92 Å². The molecule has 2 N–H and O–H groups in total. The SMILES string of the molecule is Cc1ccc(C(=O)N2CCCC(C(=O)NC3CCCNC3C)C2)cc1. The molecule has 0 bridgehead atoms. The topological polar surface area (TPSA) is 61.4 Å². The first-order chi connectivity index (χ1) is 12.0. The Morgan fingerprint density at radius 1 is 1.16 bits per heavy atom. The van der Waals surface area contributed by atoms with Crippen molar-refractivity contribution in [2.75, 3.05) is 19.6 Å². The zero-order valence-electron chi connectivity index (χ0n) is 15.3. The first-order valence-corrected chi connectivity index (χ1v) is 9.44. The maximum absolute atomic E-state index is 12.7. The van der Waals surface area contributed by atoms with Crippen molar-refractivity contribution in [1.82, 2.24) is 15.5 Å². The molecular formula is C20H29N3O2. The molecule has 0 radical (unpaired) electrons. The summed E-state index contributed by atoms with van der Waals surface area (Å²) >= 11 is 0. The molecule has 3 atom stereocenters. The maximum Gasteiger partial charge on any atom is 0.253 e. The summed E-state index contributed by atoms with van der Waals surface area (Å²) in [6.45, 7) is 6.41. The molecule has 2 heterocycles. The van der Waals surface area contributed by atoms with Crippen molar-refractivity contribution in [2.24, 2.45) is 5.92 Å². The third-order valence-corrected chi connectivity index (χ3v) is 5.47. The molecule has 2 aliphatic rings. The molecule has 2 saturated heterocycles. The number of aryl methyl sites for hydroxylation is 1. The zero-order valence-corrected chi connectivity index (χ0v) is 15.3. The fraction of sp³-hybridized carbons (Fsp3) is 0.600. The first kappa shape index (κ1) is 17.9. The third-order valence-electron chi connectivity index (χ3n) is 5.47. The highest BCUT2D eigenvalue weighted by molar-refractivity contribution is 5.94. The molecule has 2 amide bonds. The van der Waals surface area contributed by atoms with E-state index in [-0.39, 0.29) is 23.8 Å². The number of likely N-dealkylation sites (tertiary alicyclic amines) is 1. The standard InChI is InChI=1S/C20H29N3O2/c1-14-7-9-16(10-8-14)20(25)23-12-4-5-17(13-23)19(24)22-18-6-3-11-21-15(18)2/h7-10,15,17-18,21H,3-6,11-13H2,1-2H3,(H,22,24). The summed E-state index contributed by atoms with van der Waals surface area (Å²) in [5, 5.41) is 6.62. The summed E-state index contributed by atoms with van der Waals surface area (Å²) in [5.74, 6) is 0.0319. The number of nitrogens with one attached hydrogen (secondary N) is 2. The van der Waals surface area contributed by atoms with E-state index < -0.39 is 0 Å². The molecule has 1 aromatic rings. The van der Waals surface area contributed by atoms with E-state index in [1.807, 2.05) is 36.1 Å². The number of piperidine rings is 2. The normalized spacial score (nSPS) is 27.0. The van der Waals surface area contributed by atoms with Crippen molar-refractivity contribution in [1.29, 1.82) is 0 Å². The van der Waals surface area contributed by atoms with E-state index in [1.54, 1.807) is 0 Å². The fourth-order valence-electron chi connectivity index (χ4n) is 3.80. The lowest BCUT2D eigenvalue weighted by atomic mass is 9.94. The average Bonchev–Trinajstić information content (AvgIpc) is 2.64.